The van der Waals surface area contributed by atoms with Crippen LogP contribution in [0.5, 0.6) is 5.75 Å². The molecule has 256 valence electrons. The fourth-order valence-electron chi connectivity index (χ4n) is 7.44. The van der Waals surface area contributed by atoms with E-state index >= 15 is 0 Å². The van der Waals surface area contributed by atoms with Crippen molar-refractivity contribution in [2.45, 2.75) is 68.6 Å². The lowest BCUT2D eigenvalue weighted by atomic mass is 9.64. The van der Waals surface area contributed by atoms with Crippen molar-refractivity contribution in [3.8, 4) is 5.75 Å². The standard InChI is InChI=1S/C33H39ClN2O6S.C2H7NO/c1-21-5-3-14-33(39,19-37)28-10-7-25(28)17-36-18-32(13-4-6-23-15-26(34)9-11-27(23)32)20-42-30-12-8-24(16-29(30)36)31(38)35-43(40,41)22(21)2;3-1-2-4/h3,8-9,11-12,14-16,19,21-22,25,28,39H,4-7,10,13,17-18,20H2,1-2H3,(H,35,38);4H,1-3H2/b14-3+;/t21-,22+,25-,28+,32-,33-;/m0./s1. The van der Waals surface area contributed by atoms with Gasteiger partial charge in [-0.25, -0.2) is 13.1 Å². The number of carbonyl (C=O) groups is 2. The summed E-state index contributed by atoms with van der Waals surface area (Å²) in [5.41, 5.74) is 6.13. The second kappa shape index (κ2) is 14.3. The van der Waals surface area contributed by atoms with Crippen molar-refractivity contribution < 1.29 is 33.0 Å². The summed E-state index contributed by atoms with van der Waals surface area (Å²) < 4.78 is 35.2. The van der Waals surface area contributed by atoms with Crippen LogP contribution in [-0.4, -0.2) is 74.5 Å². The van der Waals surface area contributed by atoms with Crippen molar-refractivity contribution in [3.05, 3.63) is 70.3 Å². The maximum atomic E-state index is 13.3. The fourth-order valence-corrected chi connectivity index (χ4v) is 8.91. The molecule has 10 nitrogen and oxygen atoms in total. The zero-order valence-corrected chi connectivity index (χ0v) is 28.6. The highest BCUT2D eigenvalue weighted by atomic mass is 35.5. The molecule has 47 heavy (non-hydrogen) atoms. The number of hydrogen-bond acceptors (Lipinski definition) is 9. The molecule has 0 radical (unpaired) electrons. The molecule has 12 heteroatoms. The quantitative estimate of drug-likeness (QED) is 0.273. The van der Waals surface area contributed by atoms with Gasteiger partial charge in [-0.1, -0.05) is 30.7 Å². The van der Waals surface area contributed by atoms with Gasteiger partial charge in [0.1, 0.15) is 11.4 Å². The Kier molecular flexibility index (Phi) is 10.7. The van der Waals surface area contributed by atoms with Crippen molar-refractivity contribution in [3.63, 3.8) is 0 Å². The number of nitrogens with two attached hydrogens (primary N) is 1. The number of amides is 1. The van der Waals surface area contributed by atoms with Gasteiger partial charge >= 0.3 is 0 Å². The summed E-state index contributed by atoms with van der Waals surface area (Å²) in [7, 11) is -4.00. The average Bonchev–Trinajstić information content (AvgIpc) is 3.18. The molecule has 2 aromatic carbocycles. The molecule has 2 aromatic rings. The average molecular weight is 688 g/mol. The first-order valence-electron chi connectivity index (χ1n) is 16.4. The Morgan fingerprint density at radius 3 is 2.64 bits per heavy atom. The highest BCUT2D eigenvalue weighted by Crippen LogP contribution is 2.48. The van der Waals surface area contributed by atoms with Crippen LogP contribution in [0.3, 0.4) is 0 Å². The Labute approximate surface area is 282 Å². The largest absolute Gasteiger partial charge is 0.490 e. The first-order chi connectivity index (χ1) is 22.4. The number of aldehydes is 1. The molecule has 1 spiro atoms. The number of rotatable bonds is 2. The molecule has 4 aliphatic rings. The van der Waals surface area contributed by atoms with E-state index in [9.17, 15) is 23.1 Å². The summed E-state index contributed by atoms with van der Waals surface area (Å²) >= 11 is 6.38. The number of aryl methyl sites for hydroxylation is 1. The number of aliphatic hydroxyl groups is 2. The maximum absolute atomic E-state index is 13.3. The normalized spacial score (nSPS) is 32.1. The van der Waals surface area contributed by atoms with E-state index in [2.05, 4.69) is 15.7 Å². The molecule has 0 aromatic heterocycles. The highest BCUT2D eigenvalue weighted by molar-refractivity contribution is 7.90. The molecule has 1 saturated carbocycles. The van der Waals surface area contributed by atoms with E-state index in [-0.39, 0.29) is 35.3 Å². The topological polar surface area (TPSA) is 159 Å². The number of carbonyl (C=O) groups excluding carboxylic acids is 2. The van der Waals surface area contributed by atoms with Crippen LogP contribution in [0, 0.1) is 17.8 Å². The molecule has 5 N–H and O–H groups in total. The number of benzene rings is 2. The summed E-state index contributed by atoms with van der Waals surface area (Å²) in [5, 5.41) is 19.1. The molecule has 2 bridgehead atoms. The predicted molar refractivity (Wildman–Crippen MR) is 182 cm³/mol. The number of sulfonamides is 1. The van der Waals surface area contributed by atoms with Gasteiger partial charge in [0.25, 0.3) is 5.91 Å². The molecular weight excluding hydrogens is 642 g/mol. The van der Waals surface area contributed by atoms with Crippen molar-refractivity contribution in [2.24, 2.45) is 23.5 Å². The number of ether oxygens (including phenoxy) is 1. The van der Waals surface area contributed by atoms with Crippen LogP contribution in [-0.2, 0) is 26.7 Å². The number of nitrogens with zero attached hydrogens (tertiary/aromatic N) is 1. The van der Waals surface area contributed by atoms with Crippen LogP contribution >= 0.6 is 11.6 Å². The zero-order chi connectivity index (χ0) is 34.0. The second-order valence-corrected chi connectivity index (χ2v) is 16.0. The van der Waals surface area contributed by atoms with Gasteiger partial charge < -0.3 is 25.6 Å². The lowest BCUT2D eigenvalue weighted by Gasteiger charge is -2.47. The van der Waals surface area contributed by atoms with Gasteiger partial charge in [0.2, 0.25) is 10.0 Å². The molecule has 0 saturated heterocycles. The lowest BCUT2D eigenvalue weighted by molar-refractivity contribution is -0.130. The smallest absolute Gasteiger partial charge is 0.264 e. The Balaban J connectivity index is 0.00000103. The molecule has 0 unspecified atom stereocenters. The number of anilines is 1. The number of halogens is 1. The molecule has 2 heterocycles. The molecule has 6 rings (SSSR count). The van der Waals surface area contributed by atoms with Crippen LogP contribution in [0.25, 0.3) is 0 Å². The van der Waals surface area contributed by atoms with Gasteiger partial charge in [-0.15, -0.1) is 0 Å². The summed E-state index contributed by atoms with van der Waals surface area (Å²) in [4.78, 5) is 27.9. The number of fused-ring (bicyclic) bond motifs is 4. The first kappa shape index (κ1) is 35.3. The van der Waals surface area contributed by atoms with Crippen LogP contribution < -0.4 is 20.1 Å². The number of aliphatic hydroxyl groups excluding tert-OH is 1. The van der Waals surface area contributed by atoms with Crippen molar-refractivity contribution >= 4 is 39.5 Å². The number of nitrogens with one attached hydrogen (secondary N) is 1. The SMILES string of the molecule is C[C@@H]1[C@@H](C)C/C=C/[C@](O)(C=O)[C@@H]2CC[C@H]2CN2C[C@@]3(CCCc4cc(Cl)ccc43)COc3ccc(cc32)C(=O)NS1(=O)=O.NCCO. The Morgan fingerprint density at radius 1 is 1.19 bits per heavy atom. The van der Waals surface area contributed by atoms with Crippen LogP contribution in [0.15, 0.2) is 48.6 Å². The van der Waals surface area contributed by atoms with Gasteiger partial charge in [0.05, 0.1) is 24.2 Å². The summed E-state index contributed by atoms with van der Waals surface area (Å²) in [5.74, 6) is -0.681. The second-order valence-electron chi connectivity index (χ2n) is 13.5. The fraction of sp³-hybridized carbons (Fsp3) is 0.543. The van der Waals surface area contributed by atoms with Crippen LogP contribution in [0.2, 0.25) is 5.02 Å². The summed E-state index contributed by atoms with van der Waals surface area (Å²) in [6, 6.07) is 11.1. The van der Waals surface area contributed by atoms with E-state index in [4.69, 9.17) is 27.2 Å². The highest BCUT2D eigenvalue weighted by Gasteiger charge is 2.48. The van der Waals surface area contributed by atoms with E-state index < -0.39 is 26.8 Å². The van der Waals surface area contributed by atoms with E-state index in [0.29, 0.717) is 61.8 Å². The minimum Gasteiger partial charge on any atom is -0.490 e. The van der Waals surface area contributed by atoms with E-state index in [0.717, 1.165) is 25.7 Å². The Hall–Kier alpha value is -2.96. The van der Waals surface area contributed by atoms with E-state index in [1.807, 2.05) is 12.1 Å². The van der Waals surface area contributed by atoms with E-state index in [1.165, 1.54) is 17.2 Å². The third kappa shape index (κ3) is 7.24. The van der Waals surface area contributed by atoms with Crippen molar-refractivity contribution in [1.29, 1.82) is 0 Å². The maximum Gasteiger partial charge on any atom is 0.264 e. The van der Waals surface area contributed by atoms with Crippen LogP contribution in [0.4, 0.5) is 5.69 Å². The third-order valence-electron chi connectivity index (χ3n) is 10.5. The van der Waals surface area contributed by atoms with E-state index in [1.54, 1.807) is 38.1 Å². The van der Waals surface area contributed by atoms with Crippen LogP contribution in [0.1, 0.15) is 67.4 Å². The first-order valence-corrected chi connectivity index (χ1v) is 18.3. The van der Waals surface area contributed by atoms with Crippen molar-refractivity contribution in [1.82, 2.24) is 4.72 Å². The molecular formula is C35H46ClN3O7S. The minimum atomic E-state index is -4.00. The van der Waals surface area contributed by atoms with Gasteiger partial charge in [-0.05, 0) is 105 Å². The van der Waals surface area contributed by atoms with Crippen molar-refractivity contribution in [2.75, 3.05) is 37.7 Å². The summed E-state index contributed by atoms with van der Waals surface area (Å²) in [6.45, 7) is 5.40. The molecule has 2 aliphatic heterocycles. The molecule has 1 amide bonds. The lowest BCUT2D eigenvalue weighted by Crippen LogP contribution is -2.53. The summed E-state index contributed by atoms with van der Waals surface area (Å²) in [6.07, 6.45) is 8.57. The monoisotopic (exact) mass is 687 g/mol. The van der Waals surface area contributed by atoms with Gasteiger partial charge in [0, 0.05) is 41.6 Å². The molecule has 6 atom stereocenters. The zero-order valence-electron chi connectivity index (χ0n) is 27.0. The van der Waals surface area contributed by atoms with Gasteiger partial charge in [-0.2, -0.15) is 0 Å². The Bertz CT molecular complexity index is 1620. The molecule has 1 fully saturated rings. The predicted octanol–water partition coefficient (Wildman–Crippen LogP) is 3.75. The minimum absolute atomic E-state index is 0.0262. The third-order valence-corrected chi connectivity index (χ3v) is 12.7. The molecule has 2 aliphatic carbocycles. The number of hydrogen-bond donors (Lipinski definition) is 4. The number of allylic oxidation sites excluding steroid dienone is 1. The Morgan fingerprint density at radius 2 is 1.96 bits per heavy atom. The van der Waals surface area contributed by atoms with Gasteiger partial charge in [-0.3, -0.25) is 9.59 Å². The van der Waals surface area contributed by atoms with Gasteiger partial charge in [0.15, 0.2) is 6.29 Å².